The summed E-state index contributed by atoms with van der Waals surface area (Å²) in [5.74, 6) is 2.44. The van der Waals surface area contributed by atoms with Gasteiger partial charge in [0.05, 0.1) is 33.5 Å². The summed E-state index contributed by atoms with van der Waals surface area (Å²) < 4.78 is 22.3. The summed E-state index contributed by atoms with van der Waals surface area (Å²) >= 11 is 0. The van der Waals surface area contributed by atoms with Crippen LogP contribution < -0.4 is 14.2 Å². The largest absolute Gasteiger partial charge is 0.497 e. The average Bonchev–Trinajstić information content (AvgIpc) is 2.86. The van der Waals surface area contributed by atoms with Gasteiger partial charge in [-0.15, -0.1) is 0 Å². The van der Waals surface area contributed by atoms with Crippen LogP contribution in [0.25, 0.3) is 0 Å². The number of benzene rings is 3. The fraction of sp³-hybridized carbons (Fsp3) is 0.357. The highest BCUT2D eigenvalue weighted by Gasteiger charge is 2.18. The number of aliphatic hydroxyl groups is 1. The van der Waals surface area contributed by atoms with Gasteiger partial charge in [0.15, 0.2) is 0 Å². The Balaban J connectivity index is 1.61. The van der Waals surface area contributed by atoms with E-state index in [9.17, 15) is 5.11 Å². The zero-order valence-corrected chi connectivity index (χ0v) is 20.4. The van der Waals surface area contributed by atoms with Gasteiger partial charge in [-0.1, -0.05) is 36.4 Å². The minimum Gasteiger partial charge on any atom is -0.497 e. The van der Waals surface area contributed by atoms with Crippen molar-refractivity contribution in [3.63, 3.8) is 0 Å². The summed E-state index contributed by atoms with van der Waals surface area (Å²) in [5, 5.41) is 10.7. The van der Waals surface area contributed by atoms with Crippen LogP contribution >= 0.6 is 0 Å². The maximum atomic E-state index is 10.7. The summed E-state index contributed by atoms with van der Waals surface area (Å²) in [6.45, 7) is 4.05. The van der Waals surface area contributed by atoms with E-state index >= 15 is 0 Å². The minimum atomic E-state index is -0.633. The van der Waals surface area contributed by atoms with Crippen LogP contribution in [0.4, 0.5) is 0 Å². The van der Waals surface area contributed by atoms with Crippen molar-refractivity contribution in [3.05, 3.63) is 89.5 Å². The summed E-state index contributed by atoms with van der Waals surface area (Å²) in [4.78, 5) is 2.08. The molecule has 0 amide bonds. The molecule has 0 fully saturated rings. The number of rotatable bonds is 13. The van der Waals surface area contributed by atoms with Crippen molar-refractivity contribution in [2.45, 2.75) is 25.7 Å². The fourth-order valence-electron chi connectivity index (χ4n) is 3.80. The second-order valence-corrected chi connectivity index (χ2v) is 8.19. The van der Waals surface area contributed by atoms with Crippen molar-refractivity contribution in [2.75, 3.05) is 41.0 Å². The third-order valence-corrected chi connectivity index (χ3v) is 5.50. The molecule has 1 N–H and O–H groups in total. The van der Waals surface area contributed by atoms with E-state index in [2.05, 4.69) is 4.90 Å². The van der Waals surface area contributed by atoms with E-state index in [0.717, 1.165) is 40.5 Å². The predicted octanol–water partition coefficient (Wildman–Crippen LogP) is 4.70. The van der Waals surface area contributed by atoms with Crippen LogP contribution in [0.3, 0.4) is 0 Å². The molecule has 0 aliphatic heterocycles. The molecule has 0 aliphatic carbocycles. The van der Waals surface area contributed by atoms with Gasteiger partial charge in [-0.3, -0.25) is 4.90 Å². The zero-order valence-electron chi connectivity index (χ0n) is 20.4. The lowest BCUT2D eigenvalue weighted by Gasteiger charge is -2.24. The van der Waals surface area contributed by atoms with Crippen LogP contribution in [0.1, 0.15) is 29.7 Å². The number of likely N-dealkylation sites (N-methyl/N-ethyl adjacent to an activating group) is 1. The number of nitrogens with zero attached hydrogens (tertiary/aromatic N) is 1. The molecule has 0 unspecified atom stereocenters. The molecule has 0 heterocycles. The molecule has 6 nitrogen and oxygen atoms in total. The molecule has 0 aromatic heterocycles. The number of hydrogen-bond acceptors (Lipinski definition) is 6. The van der Waals surface area contributed by atoms with Crippen LogP contribution in [-0.4, -0.2) is 57.1 Å². The molecule has 6 heteroatoms. The lowest BCUT2D eigenvalue weighted by Crippen LogP contribution is -2.32. The second kappa shape index (κ2) is 13.0. The maximum Gasteiger partial charge on any atom is 0.119 e. The van der Waals surface area contributed by atoms with E-state index in [1.807, 2.05) is 86.8 Å². The quantitative estimate of drug-likeness (QED) is 0.395. The Kier molecular flexibility index (Phi) is 9.76. The predicted molar refractivity (Wildman–Crippen MR) is 134 cm³/mol. The van der Waals surface area contributed by atoms with E-state index in [0.29, 0.717) is 13.2 Å². The first kappa shape index (κ1) is 25.6. The smallest absolute Gasteiger partial charge is 0.119 e. The van der Waals surface area contributed by atoms with Crippen molar-refractivity contribution in [1.29, 1.82) is 0 Å². The Hall–Kier alpha value is -3.06. The standard InChI is InChI=1S/C28H35NO5/c1-5-33-27-12-6-21(7-13-27)18-29(2)19-24(30)20-34-28(22-8-14-25(31-3)15-9-22)23-10-16-26(32-4)17-11-23/h6-17,24,28,30H,5,18-20H2,1-4H3/t24-/m1/s1. The highest BCUT2D eigenvalue weighted by atomic mass is 16.5. The second-order valence-electron chi connectivity index (χ2n) is 8.19. The Morgan fingerprint density at radius 3 is 1.74 bits per heavy atom. The van der Waals surface area contributed by atoms with E-state index in [4.69, 9.17) is 18.9 Å². The van der Waals surface area contributed by atoms with Gasteiger partial charge in [0, 0.05) is 13.1 Å². The lowest BCUT2D eigenvalue weighted by molar-refractivity contribution is -0.00628. The molecule has 0 radical (unpaired) electrons. The molecule has 1 atom stereocenters. The molecule has 0 bridgehead atoms. The van der Waals surface area contributed by atoms with Gasteiger partial charge in [-0.05, 0) is 67.1 Å². The normalized spacial score (nSPS) is 12.1. The molecule has 0 aliphatic rings. The molecular weight excluding hydrogens is 430 g/mol. The third-order valence-electron chi connectivity index (χ3n) is 5.50. The third kappa shape index (κ3) is 7.48. The molecule has 34 heavy (non-hydrogen) atoms. The van der Waals surface area contributed by atoms with E-state index in [-0.39, 0.29) is 12.7 Å². The molecule has 3 rings (SSSR count). The van der Waals surface area contributed by atoms with Crippen molar-refractivity contribution >= 4 is 0 Å². The number of hydrogen-bond donors (Lipinski definition) is 1. The molecule has 0 saturated carbocycles. The van der Waals surface area contributed by atoms with Crippen LogP contribution in [0.5, 0.6) is 17.2 Å². The van der Waals surface area contributed by atoms with Crippen molar-refractivity contribution in [2.24, 2.45) is 0 Å². The van der Waals surface area contributed by atoms with E-state index in [1.165, 1.54) is 0 Å². The van der Waals surface area contributed by atoms with Crippen molar-refractivity contribution in [1.82, 2.24) is 4.90 Å². The van der Waals surface area contributed by atoms with E-state index < -0.39 is 6.10 Å². The van der Waals surface area contributed by atoms with Gasteiger partial charge in [0.2, 0.25) is 0 Å². The lowest BCUT2D eigenvalue weighted by atomic mass is 10.0. The van der Waals surface area contributed by atoms with Gasteiger partial charge >= 0.3 is 0 Å². The van der Waals surface area contributed by atoms with Crippen LogP contribution in [0, 0.1) is 0 Å². The molecule has 0 spiro atoms. The molecule has 3 aromatic carbocycles. The first-order valence-corrected chi connectivity index (χ1v) is 11.5. The van der Waals surface area contributed by atoms with Crippen LogP contribution in [-0.2, 0) is 11.3 Å². The molecule has 3 aromatic rings. The highest BCUT2D eigenvalue weighted by molar-refractivity contribution is 5.36. The van der Waals surface area contributed by atoms with Gasteiger partial charge in [-0.2, -0.15) is 0 Å². The Labute approximate surface area is 202 Å². The Bertz CT molecular complexity index is 926. The SMILES string of the molecule is CCOc1ccc(CN(C)C[C@@H](O)COC(c2ccc(OC)cc2)c2ccc(OC)cc2)cc1. The van der Waals surface area contributed by atoms with Gasteiger partial charge < -0.3 is 24.1 Å². The first-order valence-electron chi connectivity index (χ1n) is 11.5. The van der Waals surface area contributed by atoms with Crippen molar-refractivity contribution in [3.8, 4) is 17.2 Å². The van der Waals surface area contributed by atoms with Crippen LogP contribution in [0.15, 0.2) is 72.8 Å². The topological polar surface area (TPSA) is 60.4 Å². The number of ether oxygens (including phenoxy) is 4. The maximum absolute atomic E-state index is 10.7. The molecule has 182 valence electrons. The number of aliphatic hydroxyl groups excluding tert-OH is 1. The van der Waals surface area contributed by atoms with Gasteiger partial charge in [0.1, 0.15) is 23.4 Å². The summed E-state index contributed by atoms with van der Waals surface area (Å²) in [5.41, 5.74) is 3.13. The Morgan fingerprint density at radius 1 is 0.765 bits per heavy atom. The first-order chi connectivity index (χ1) is 16.5. The summed E-state index contributed by atoms with van der Waals surface area (Å²) in [6, 6.07) is 23.6. The fourth-order valence-corrected chi connectivity index (χ4v) is 3.80. The zero-order chi connectivity index (χ0) is 24.3. The Morgan fingerprint density at radius 2 is 1.26 bits per heavy atom. The summed E-state index contributed by atoms with van der Waals surface area (Å²) in [6.07, 6.45) is -0.949. The van der Waals surface area contributed by atoms with Crippen LogP contribution in [0.2, 0.25) is 0 Å². The van der Waals surface area contributed by atoms with Gasteiger partial charge in [-0.25, -0.2) is 0 Å². The molecular formula is C28H35NO5. The minimum absolute atomic E-state index is 0.205. The number of methoxy groups -OCH3 is 2. The van der Waals surface area contributed by atoms with Crippen molar-refractivity contribution < 1.29 is 24.1 Å². The summed E-state index contributed by atoms with van der Waals surface area (Å²) in [7, 11) is 5.28. The van der Waals surface area contributed by atoms with E-state index in [1.54, 1.807) is 14.2 Å². The average molecular weight is 466 g/mol. The molecule has 0 saturated heterocycles. The monoisotopic (exact) mass is 465 g/mol. The highest BCUT2D eigenvalue weighted by Crippen LogP contribution is 2.29. The van der Waals surface area contributed by atoms with Gasteiger partial charge in [0.25, 0.3) is 0 Å².